The van der Waals surface area contributed by atoms with Gasteiger partial charge in [0.2, 0.25) is 5.91 Å². The number of carbonyl (C=O) groups excluding carboxylic acids is 1. The van der Waals surface area contributed by atoms with E-state index in [9.17, 15) is 4.79 Å². The van der Waals surface area contributed by atoms with E-state index in [0.717, 1.165) is 26.8 Å². The fraction of sp³-hybridized carbons (Fsp3) is 0.0476. The van der Waals surface area contributed by atoms with Crippen LogP contribution in [-0.2, 0) is 11.2 Å². The highest BCUT2D eigenvalue weighted by Gasteiger charge is 2.12. The lowest BCUT2D eigenvalue weighted by molar-refractivity contribution is -0.120. The number of thiophene rings is 1. The summed E-state index contributed by atoms with van der Waals surface area (Å²) in [5.41, 5.74) is 5.90. The molecule has 0 atom stereocenters. The average molecular weight is 433 g/mol. The molecule has 0 aliphatic heterocycles. The lowest BCUT2D eigenvalue weighted by atomic mass is 10.2. The van der Waals surface area contributed by atoms with Crippen LogP contribution in [0.15, 0.2) is 76.9 Å². The summed E-state index contributed by atoms with van der Waals surface area (Å²) in [6, 6.07) is 13.9. The molecule has 1 aromatic carbocycles. The van der Waals surface area contributed by atoms with Crippen molar-refractivity contribution in [2.24, 2.45) is 5.10 Å². The van der Waals surface area contributed by atoms with Gasteiger partial charge in [-0.15, -0.1) is 22.7 Å². The van der Waals surface area contributed by atoms with Gasteiger partial charge in [0.1, 0.15) is 5.69 Å². The second kappa shape index (κ2) is 8.05. The Balaban J connectivity index is 1.34. The standard InChI is InChI=1S/C21H16N6OS2/c28-19(11-16-14-26-8-10-30-21(26)23-16)24-22-12-15-13-27(17-5-2-1-3-6-17)25-20(15)18-7-4-9-29-18/h1-10,12-14H,11H2,(H,24,28)/b22-12-. The van der Waals surface area contributed by atoms with Crippen molar-refractivity contribution in [3.05, 3.63) is 83.1 Å². The number of hydrogen-bond acceptors (Lipinski definition) is 6. The van der Waals surface area contributed by atoms with Crippen LogP contribution in [0.2, 0.25) is 0 Å². The number of hydrazone groups is 1. The first-order valence-electron chi connectivity index (χ1n) is 9.18. The van der Waals surface area contributed by atoms with Gasteiger partial charge in [-0.25, -0.2) is 15.1 Å². The Labute approximate surface area is 180 Å². The SMILES string of the molecule is O=C(Cc1cn2ccsc2n1)N/N=C\c1cn(-c2ccccc2)nc1-c1cccs1. The van der Waals surface area contributed by atoms with E-state index in [2.05, 4.69) is 15.5 Å². The van der Waals surface area contributed by atoms with Crippen molar-refractivity contribution in [2.45, 2.75) is 6.42 Å². The number of nitrogens with one attached hydrogen (secondary N) is 1. The molecule has 0 unspecified atom stereocenters. The first-order valence-corrected chi connectivity index (χ1v) is 10.9. The number of benzene rings is 1. The molecule has 0 fully saturated rings. The molecule has 0 bridgehead atoms. The highest BCUT2D eigenvalue weighted by Crippen LogP contribution is 2.26. The molecule has 1 amide bonds. The van der Waals surface area contributed by atoms with E-state index in [1.807, 2.05) is 80.9 Å². The van der Waals surface area contributed by atoms with Gasteiger partial charge in [-0.1, -0.05) is 24.3 Å². The summed E-state index contributed by atoms with van der Waals surface area (Å²) < 4.78 is 3.72. The van der Waals surface area contributed by atoms with E-state index in [1.165, 1.54) is 11.3 Å². The quantitative estimate of drug-likeness (QED) is 0.325. The molecule has 9 heteroatoms. The Morgan fingerprint density at radius 2 is 2.00 bits per heavy atom. The summed E-state index contributed by atoms with van der Waals surface area (Å²) in [7, 11) is 0. The van der Waals surface area contributed by atoms with Crippen molar-refractivity contribution < 1.29 is 4.79 Å². The van der Waals surface area contributed by atoms with Crippen molar-refractivity contribution in [1.82, 2.24) is 24.6 Å². The van der Waals surface area contributed by atoms with Gasteiger partial charge in [0, 0.05) is 29.5 Å². The fourth-order valence-electron chi connectivity index (χ4n) is 3.04. The molecule has 0 radical (unpaired) electrons. The molecule has 148 valence electrons. The molecule has 0 aliphatic rings. The third-order valence-corrected chi connectivity index (χ3v) is 6.04. The number of amides is 1. The van der Waals surface area contributed by atoms with E-state index >= 15 is 0 Å². The van der Waals surface area contributed by atoms with Crippen LogP contribution in [-0.4, -0.2) is 31.3 Å². The number of imidazole rings is 1. The molecule has 5 rings (SSSR count). The summed E-state index contributed by atoms with van der Waals surface area (Å²) in [5, 5.41) is 12.8. The van der Waals surface area contributed by atoms with Crippen LogP contribution in [0.5, 0.6) is 0 Å². The van der Waals surface area contributed by atoms with Gasteiger partial charge in [-0.05, 0) is 23.6 Å². The fourth-order valence-corrected chi connectivity index (χ4v) is 4.49. The molecule has 1 N–H and O–H groups in total. The zero-order valence-corrected chi connectivity index (χ0v) is 17.3. The average Bonchev–Trinajstić information content (AvgIpc) is 3.52. The van der Waals surface area contributed by atoms with Crippen molar-refractivity contribution in [3.63, 3.8) is 0 Å². The normalized spacial score (nSPS) is 11.5. The van der Waals surface area contributed by atoms with Crippen LogP contribution in [0, 0.1) is 0 Å². The maximum atomic E-state index is 12.3. The van der Waals surface area contributed by atoms with Gasteiger partial charge < -0.3 is 0 Å². The highest BCUT2D eigenvalue weighted by atomic mass is 32.1. The number of carbonyl (C=O) groups is 1. The second-order valence-corrected chi connectivity index (χ2v) is 8.31. The topological polar surface area (TPSA) is 76.6 Å². The second-order valence-electron chi connectivity index (χ2n) is 6.49. The van der Waals surface area contributed by atoms with Crippen LogP contribution in [0.1, 0.15) is 11.3 Å². The van der Waals surface area contributed by atoms with Crippen LogP contribution in [0.4, 0.5) is 0 Å². The monoisotopic (exact) mass is 432 g/mol. The predicted molar refractivity (Wildman–Crippen MR) is 119 cm³/mol. The van der Waals surface area contributed by atoms with Crippen LogP contribution >= 0.6 is 22.7 Å². The van der Waals surface area contributed by atoms with E-state index < -0.39 is 0 Å². The van der Waals surface area contributed by atoms with E-state index in [4.69, 9.17) is 5.10 Å². The number of thiazole rings is 1. The molecule has 0 spiro atoms. The van der Waals surface area contributed by atoms with Gasteiger partial charge in [0.25, 0.3) is 0 Å². The van der Waals surface area contributed by atoms with Gasteiger partial charge in [-0.2, -0.15) is 10.2 Å². The van der Waals surface area contributed by atoms with Crippen LogP contribution in [0.3, 0.4) is 0 Å². The Morgan fingerprint density at radius 1 is 1.10 bits per heavy atom. The molecule has 0 aliphatic carbocycles. The predicted octanol–water partition coefficient (Wildman–Crippen LogP) is 4.00. The first-order chi connectivity index (χ1) is 14.8. The van der Waals surface area contributed by atoms with Gasteiger partial charge in [-0.3, -0.25) is 9.20 Å². The number of nitrogens with zero attached hydrogens (tertiary/aromatic N) is 5. The Hall–Kier alpha value is -3.56. The van der Waals surface area contributed by atoms with Crippen molar-refractivity contribution in [3.8, 4) is 16.3 Å². The number of fused-ring (bicyclic) bond motifs is 1. The Morgan fingerprint density at radius 3 is 2.80 bits per heavy atom. The number of aromatic nitrogens is 4. The molecule has 4 heterocycles. The number of para-hydroxylation sites is 1. The zero-order chi connectivity index (χ0) is 20.3. The molecular formula is C21H16N6OS2. The van der Waals surface area contributed by atoms with Gasteiger partial charge in [0.15, 0.2) is 4.96 Å². The van der Waals surface area contributed by atoms with E-state index in [1.54, 1.807) is 17.6 Å². The maximum Gasteiger partial charge on any atom is 0.246 e. The Kier molecular flexibility index (Phi) is 4.96. The lowest BCUT2D eigenvalue weighted by Gasteiger charge is -1.98. The van der Waals surface area contributed by atoms with E-state index in [-0.39, 0.29) is 12.3 Å². The smallest absolute Gasteiger partial charge is 0.246 e. The summed E-state index contributed by atoms with van der Waals surface area (Å²) in [6.07, 6.45) is 7.48. The molecule has 0 saturated carbocycles. The molecule has 0 saturated heterocycles. The molecule has 30 heavy (non-hydrogen) atoms. The zero-order valence-electron chi connectivity index (χ0n) is 15.7. The van der Waals surface area contributed by atoms with Crippen molar-refractivity contribution in [2.75, 3.05) is 0 Å². The minimum Gasteiger partial charge on any atom is -0.297 e. The van der Waals surface area contributed by atoms with Gasteiger partial charge in [0.05, 0.1) is 28.9 Å². The third kappa shape index (κ3) is 3.80. The van der Waals surface area contributed by atoms with Crippen LogP contribution < -0.4 is 5.43 Å². The van der Waals surface area contributed by atoms with Crippen LogP contribution in [0.25, 0.3) is 21.2 Å². The molecule has 5 aromatic rings. The summed E-state index contributed by atoms with van der Waals surface area (Å²) in [5.74, 6) is -0.217. The first kappa shape index (κ1) is 18.5. The lowest BCUT2D eigenvalue weighted by Crippen LogP contribution is -2.19. The highest BCUT2D eigenvalue weighted by molar-refractivity contribution is 7.15. The minimum atomic E-state index is -0.217. The summed E-state index contributed by atoms with van der Waals surface area (Å²) >= 11 is 3.14. The number of hydrogen-bond donors (Lipinski definition) is 1. The molecule has 4 aromatic heterocycles. The number of rotatable bonds is 6. The molecular weight excluding hydrogens is 416 g/mol. The maximum absolute atomic E-state index is 12.3. The van der Waals surface area contributed by atoms with Crippen molar-refractivity contribution >= 4 is 39.8 Å². The third-order valence-electron chi connectivity index (χ3n) is 4.40. The minimum absolute atomic E-state index is 0.173. The van der Waals surface area contributed by atoms with Gasteiger partial charge >= 0.3 is 0 Å². The largest absolute Gasteiger partial charge is 0.297 e. The Bertz CT molecular complexity index is 1290. The van der Waals surface area contributed by atoms with Crippen molar-refractivity contribution in [1.29, 1.82) is 0 Å². The van der Waals surface area contributed by atoms with E-state index in [0.29, 0.717) is 5.69 Å². The summed E-state index contributed by atoms with van der Waals surface area (Å²) in [6.45, 7) is 0. The summed E-state index contributed by atoms with van der Waals surface area (Å²) in [4.78, 5) is 18.6. The molecule has 7 nitrogen and oxygen atoms in total.